The number of hydrogen-bond acceptors (Lipinski definition) is 3. The lowest BCUT2D eigenvalue weighted by molar-refractivity contribution is 0.0946. The van der Waals surface area contributed by atoms with E-state index in [9.17, 15) is 17.6 Å². The summed E-state index contributed by atoms with van der Waals surface area (Å²) in [5.41, 5.74) is 0.558. The third kappa shape index (κ3) is 3.94. The van der Waals surface area contributed by atoms with E-state index in [1.807, 2.05) is 30.3 Å². The number of rotatable bonds is 5. The van der Waals surface area contributed by atoms with Crippen LogP contribution in [0.15, 0.2) is 53.4 Å². The van der Waals surface area contributed by atoms with Crippen LogP contribution < -0.4 is 5.32 Å². The molecule has 0 atom stereocenters. The Labute approximate surface area is 134 Å². The fourth-order valence-corrected chi connectivity index (χ4v) is 2.85. The van der Waals surface area contributed by atoms with Gasteiger partial charge in [-0.1, -0.05) is 30.3 Å². The Hall–Kier alpha value is -2.25. The standard InChI is InChI=1S/C16H17FN2O3S/c1-19(2)23(21,22)13-8-9-15(17)14(10-13)16(20)18-11-12-6-4-3-5-7-12/h3-10H,11H2,1-2H3,(H,18,20). The predicted molar refractivity (Wildman–Crippen MR) is 84.9 cm³/mol. The Morgan fingerprint density at radius 1 is 1.13 bits per heavy atom. The summed E-state index contributed by atoms with van der Waals surface area (Å²) in [6.45, 7) is 0.226. The molecule has 0 aromatic heterocycles. The van der Waals surface area contributed by atoms with E-state index in [1.54, 1.807) is 0 Å². The summed E-state index contributed by atoms with van der Waals surface area (Å²) in [6, 6.07) is 12.3. The summed E-state index contributed by atoms with van der Waals surface area (Å²) in [7, 11) is -0.992. The normalized spacial score (nSPS) is 11.5. The molecule has 0 aliphatic rings. The van der Waals surface area contributed by atoms with E-state index in [4.69, 9.17) is 0 Å². The Morgan fingerprint density at radius 2 is 1.78 bits per heavy atom. The summed E-state index contributed by atoms with van der Waals surface area (Å²) in [5, 5.41) is 2.58. The van der Waals surface area contributed by atoms with Crippen molar-refractivity contribution < 1.29 is 17.6 Å². The molecule has 2 aromatic rings. The number of sulfonamides is 1. The zero-order chi connectivity index (χ0) is 17.0. The van der Waals surface area contributed by atoms with Crippen molar-refractivity contribution in [1.82, 2.24) is 9.62 Å². The number of halogens is 1. The molecule has 0 unspecified atom stereocenters. The van der Waals surface area contributed by atoms with Gasteiger partial charge in [0.25, 0.3) is 5.91 Å². The third-order valence-corrected chi connectivity index (χ3v) is 5.07. The SMILES string of the molecule is CN(C)S(=O)(=O)c1ccc(F)c(C(=O)NCc2ccccc2)c1. The van der Waals surface area contributed by atoms with Crippen LogP contribution in [0.1, 0.15) is 15.9 Å². The van der Waals surface area contributed by atoms with Crippen LogP contribution in [-0.4, -0.2) is 32.7 Å². The molecule has 0 saturated heterocycles. The van der Waals surface area contributed by atoms with Gasteiger partial charge in [0, 0.05) is 20.6 Å². The number of carbonyl (C=O) groups is 1. The Bertz CT molecular complexity index is 805. The fourth-order valence-electron chi connectivity index (χ4n) is 1.92. The van der Waals surface area contributed by atoms with Gasteiger partial charge >= 0.3 is 0 Å². The summed E-state index contributed by atoms with van der Waals surface area (Å²) < 4.78 is 39.0. The second-order valence-electron chi connectivity index (χ2n) is 5.10. The summed E-state index contributed by atoms with van der Waals surface area (Å²) in [6.07, 6.45) is 0. The van der Waals surface area contributed by atoms with E-state index < -0.39 is 21.7 Å². The minimum absolute atomic E-state index is 0.131. The average molecular weight is 336 g/mol. The van der Waals surface area contributed by atoms with Gasteiger partial charge in [0.1, 0.15) is 5.82 Å². The van der Waals surface area contributed by atoms with E-state index in [-0.39, 0.29) is 17.0 Å². The van der Waals surface area contributed by atoms with Crippen molar-refractivity contribution in [2.75, 3.05) is 14.1 Å². The first-order valence-corrected chi connectivity index (χ1v) is 8.30. The number of nitrogens with one attached hydrogen (secondary N) is 1. The van der Waals surface area contributed by atoms with Crippen molar-refractivity contribution in [2.45, 2.75) is 11.4 Å². The molecule has 0 aliphatic heterocycles. The average Bonchev–Trinajstić information content (AvgIpc) is 2.53. The van der Waals surface area contributed by atoms with E-state index in [2.05, 4.69) is 5.32 Å². The molecule has 0 fully saturated rings. The Balaban J connectivity index is 2.23. The second-order valence-corrected chi connectivity index (χ2v) is 7.25. The molecule has 0 bridgehead atoms. The molecule has 0 radical (unpaired) electrons. The van der Waals surface area contributed by atoms with Crippen LogP contribution in [0.3, 0.4) is 0 Å². The first kappa shape index (κ1) is 17.1. The van der Waals surface area contributed by atoms with Crippen molar-refractivity contribution >= 4 is 15.9 Å². The molecule has 1 amide bonds. The summed E-state index contributed by atoms with van der Waals surface area (Å²) in [4.78, 5) is 12.0. The van der Waals surface area contributed by atoms with E-state index >= 15 is 0 Å². The van der Waals surface area contributed by atoms with Gasteiger partial charge in [-0.3, -0.25) is 4.79 Å². The minimum atomic E-state index is -3.73. The molecule has 122 valence electrons. The zero-order valence-electron chi connectivity index (χ0n) is 12.8. The number of benzene rings is 2. The molecular weight excluding hydrogens is 319 g/mol. The van der Waals surface area contributed by atoms with Gasteiger partial charge < -0.3 is 5.32 Å². The van der Waals surface area contributed by atoms with Crippen molar-refractivity contribution in [2.24, 2.45) is 0 Å². The van der Waals surface area contributed by atoms with E-state index in [0.29, 0.717) is 0 Å². The fraction of sp³-hybridized carbons (Fsp3) is 0.188. The van der Waals surface area contributed by atoms with Crippen LogP contribution in [-0.2, 0) is 16.6 Å². The molecule has 2 rings (SSSR count). The van der Waals surface area contributed by atoms with E-state index in [0.717, 1.165) is 28.1 Å². The van der Waals surface area contributed by atoms with Gasteiger partial charge in [0.05, 0.1) is 10.5 Å². The lowest BCUT2D eigenvalue weighted by Gasteiger charge is -2.13. The third-order valence-electron chi connectivity index (χ3n) is 3.26. The highest BCUT2D eigenvalue weighted by atomic mass is 32.2. The van der Waals surface area contributed by atoms with Crippen LogP contribution in [0.25, 0.3) is 0 Å². The Morgan fingerprint density at radius 3 is 2.39 bits per heavy atom. The largest absolute Gasteiger partial charge is 0.348 e. The van der Waals surface area contributed by atoms with Gasteiger partial charge in [-0.05, 0) is 23.8 Å². The first-order chi connectivity index (χ1) is 10.8. The molecule has 0 spiro atoms. The Kier molecular flexibility index (Phi) is 5.12. The van der Waals surface area contributed by atoms with E-state index in [1.165, 1.54) is 14.1 Å². The quantitative estimate of drug-likeness (QED) is 0.908. The lowest BCUT2D eigenvalue weighted by Crippen LogP contribution is -2.26. The van der Waals surface area contributed by atoms with Gasteiger partial charge in [0.2, 0.25) is 10.0 Å². The summed E-state index contributed by atoms with van der Waals surface area (Å²) >= 11 is 0. The maximum absolute atomic E-state index is 13.9. The van der Waals surface area contributed by atoms with Crippen LogP contribution in [0.5, 0.6) is 0 Å². The lowest BCUT2D eigenvalue weighted by atomic mass is 10.2. The molecule has 0 aliphatic carbocycles. The highest BCUT2D eigenvalue weighted by Crippen LogP contribution is 2.17. The first-order valence-electron chi connectivity index (χ1n) is 6.86. The molecule has 2 aromatic carbocycles. The molecule has 0 saturated carbocycles. The van der Waals surface area contributed by atoms with Crippen molar-refractivity contribution in [3.8, 4) is 0 Å². The number of nitrogens with zero attached hydrogens (tertiary/aromatic N) is 1. The maximum atomic E-state index is 13.9. The highest BCUT2D eigenvalue weighted by Gasteiger charge is 2.21. The molecule has 5 nitrogen and oxygen atoms in total. The smallest absolute Gasteiger partial charge is 0.254 e. The topological polar surface area (TPSA) is 66.5 Å². The van der Waals surface area contributed by atoms with Crippen molar-refractivity contribution in [1.29, 1.82) is 0 Å². The number of amides is 1. The van der Waals surface area contributed by atoms with Crippen LogP contribution in [0.4, 0.5) is 4.39 Å². The monoisotopic (exact) mass is 336 g/mol. The van der Waals surface area contributed by atoms with Gasteiger partial charge in [0.15, 0.2) is 0 Å². The van der Waals surface area contributed by atoms with Gasteiger partial charge in [-0.15, -0.1) is 0 Å². The number of carbonyl (C=O) groups excluding carboxylic acids is 1. The van der Waals surface area contributed by atoms with Crippen LogP contribution >= 0.6 is 0 Å². The van der Waals surface area contributed by atoms with Crippen molar-refractivity contribution in [3.63, 3.8) is 0 Å². The van der Waals surface area contributed by atoms with Crippen LogP contribution in [0.2, 0.25) is 0 Å². The molecule has 23 heavy (non-hydrogen) atoms. The summed E-state index contributed by atoms with van der Waals surface area (Å²) in [5.74, 6) is -1.43. The van der Waals surface area contributed by atoms with Gasteiger partial charge in [-0.25, -0.2) is 17.1 Å². The number of hydrogen-bond donors (Lipinski definition) is 1. The van der Waals surface area contributed by atoms with Gasteiger partial charge in [-0.2, -0.15) is 0 Å². The second kappa shape index (κ2) is 6.89. The molecule has 1 N–H and O–H groups in total. The molecular formula is C16H17FN2O3S. The predicted octanol–water partition coefficient (Wildman–Crippen LogP) is 2.01. The molecule has 0 heterocycles. The highest BCUT2D eigenvalue weighted by molar-refractivity contribution is 7.89. The maximum Gasteiger partial charge on any atom is 0.254 e. The minimum Gasteiger partial charge on any atom is -0.348 e. The molecule has 7 heteroatoms. The van der Waals surface area contributed by atoms with Crippen LogP contribution in [0, 0.1) is 5.82 Å². The zero-order valence-corrected chi connectivity index (χ0v) is 13.6. The van der Waals surface area contributed by atoms with Crippen molar-refractivity contribution in [3.05, 3.63) is 65.5 Å².